The molecular weight excluding hydrogens is 278 g/mol. The molecule has 0 amide bonds. The topological polar surface area (TPSA) is 29.5 Å². The van der Waals surface area contributed by atoms with Gasteiger partial charge in [-0.1, -0.05) is 0 Å². The molecule has 0 atom stereocenters. The van der Waals surface area contributed by atoms with Crippen LogP contribution in [0.3, 0.4) is 0 Å². The summed E-state index contributed by atoms with van der Waals surface area (Å²) in [6, 6.07) is 2.07. The molecule has 0 unspecified atom stereocenters. The number of ketones is 1. The highest BCUT2D eigenvalue weighted by Crippen LogP contribution is 2.20. The highest BCUT2D eigenvalue weighted by Gasteiger charge is 2.07. The maximum atomic E-state index is 11.3. The summed E-state index contributed by atoms with van der Waals surface area (Å²) in [5.41, 5.74) is 0. The Morgan fingerprint density at radius 3 is 2.93 bits per heavy atom. The van der Waals surface area contributed by atoms with Crippen molar-refractivity contribution in [1.82, 2.24) is 4.90 Å². The molecule has 0 saturated carbocycles. The van der Waals surface area contributed by atoms with Crippen LogP contribution in [0.1, 0.15) is 4.88 Å². The number of hydrogen-bond acceptors (Lipinski definition) is 4. The number of hydrogen-bond donors (Lipinski definition) is 0. The lowest BCUT2D eigenvalue weighted by Crippen LogP contribution is -2.27. The zero-order valence-electron chi connectivity index (χ0n) is 8.83. The van der Waals surface area contributed by atoms with Crippen LogP contribution < -0.4 is 0 Å². The molecule has 0 N–H and O–H groups in total. The van der Waals surface area contributed by atoms with Crippen LogP contribution in [0.15, 0.2) is 15.9 Å². The van der Waals surface area contributed by atoms with Gasteiger partial charge in [0.25, 0.3) is 0 Å². The lowest BCUT2D eigenvalue weighted by molar-refractivity contribution is -0.123. The summed E-state index contributed by atoms with van der Waals surface area (Å²) in [5, 5.41) is 2.04. The Morgan fingerprint density at radius 1 is 1.67 bits per heavy atom. The molecule has 0 aliphatic rings. The van der Waals surface area contributed by atoms with E-state index in [-0.39, 0.29) is 12.4 Å². The molecule has 1 aromatic heterocycles. The normalized spacial score (nSPS) is 10.9. The predicted octanol–water partition coefficient (Wildman–Crippen LogP) is 2.16. The number of rotatable bonds is 6. The van der Waals surface area contributed by atoms with Crippen molar-refractivity contribution in [2.45, 2.75) is 6.54 Å². The van der Waals surface area contributed by atoms with Crippen molar-refractivity contribution in [2.24, 2.45) is 0 Å². The lowest BCUT2D eigenvalue weighted by atomic mass is 10.3. The predicted molar refractivity (Wildman–Crippen MR) is 65.2 cm³/mol. The van der Waals surface area contributed by atoms with E-state index in [1.54, 1.807) is 11.3 Å². The first-order chi connectivity index (χ1) is 7.11. The first kappa shape index (κ1) is 12.8. The Kier molecular flexibility index (Phi) is 5.45. The number of nitrogens with zero attached hydrogens (tertiary/aromatic N) is 1. The highest BCUT2D eigenvalue weighted by atomic mass is 79.9. The quantitative estimate of drug-likeness (QED) is 0.804. The Balaban J connectivity index is 2.35. The van der Waals surface area contributed by atoms with E-state index in [4.69, 9.17) is 4.74 Å². The summed E-state index contributed by atoms with van der Waals surface area (Å²) in [5.74, 6) is 0.107. The van der Waals surface area contributed by atoms with Gasteiger partial charge in [0.2, 0.25) is 0 Å². The summed E-state index contributed by atoms with van der Waals surface area (Å²) >= 11 is 5.09. The van der Waals surface area contributed by atoms with Gasteiger partial charge < -0.3 is 4.74 Å². The minimum absolute atomic E-state index is 0.107. The van der Waals surface area contributed by atoms with Gasteiger partial charge >= 0.3 is 0 Å². The third-order valence-corrected chi connectivity index (χ3v) is 3.48. The van der Waals surface area contributed by atoms with Gasteiger partial charge in [0.15, 0.2) is 5.78 Å². The first-order valence-electron chi connectivity index (χ1n) is 4.54. The van der Waals surface area contributed by atoms with Gasteiger partial charge in [0.1, 0.15) is 6.61 Å². The molecule has 0 bridgehead atoms. The number of ether oxygens (including phenoxy) is 1. The molecule has 3 nitrogen and oxygen atoms in total. The van der Waals surface area contributed by atoms with Crippen molar-refractivity contribution < 1.29 is 9.53 Å². The monoisotopic (exact) mass is 291 g/mol. The molecule has 1 heterocycles. The maximum absolute atomic E-state index is 11.3. The fourth-order valence-corrected chi connectivity index (χ4v) is 2.80. The van der Waals surface area contributed by atoms with Crippen molar-refractivity contribution in [3.8, 4) is 0 Å². The molecule has 1 rings (SSSR count). The van der Waals surface area contributed by atoms with Gasteiger partial charge in [0, 0.05) is 28.4 Å². The Morgan fingerprint density at radius 2 is 2.40 bits per heavy atom. The SMILES string of the molecule is COCC(=O)CN(C)Cc1cc(Br)cs1. The summed E-state index contributed by atoms with van der Waals surface area (Å²) in [6.45, 7) is 1.42. The third kappa shape index (κ3) is 4.88. The maximum Gasteiger partial charge on any atom is 0.172 e. The molecule has 0 aliphatic heterocycles. The molecule has 5 heteroatoms. The Bertz CT molecular complexity index is 327. The van der Waals surface area contributed by atoms with E-state index in [9.17, 15) is 4.79 Å². The van der Waals surface area contributed by atoms with E-state index in [1.807, 2.05) is 17.3 Å². The summed E-state index contributed by atoms with van der Waals surface area (Å²) in [4.78, 5) is 14.5. The van der Waals surface area contributed by atoms with Gasteiger partial charge in [-0.15, -0.1) is 11.3 Å². The van der Waals surface area contributed by atoms with Gasteiger partial charge in [-0.2, -0.15) is 0 Å². The van der Waals surface area contributed by atoms with Crippen LogP contribution in [-0.2, 0) is 16.1 Å². The van der Waals surface area contributed by atoms with Crippen molar-refractivity contribution >= 4 is 33.0 Å². The van der Waals surface area contributed by atoms with Crippen molar-refractivity contribution in [1.29, 1.82) is 0 Å². The molecule has 15 heavy (non-hydrogen) atoms. The van der Waals surface area contributed by atoms with Gasteiger partial charge in [0.05, 0.1) is 6.54 Å². The van der Waals surface area contributed by atoms with Crippen LogP contribution in [0.25, 0.3) is 0 Å². The fraction of sp³-hybridized carbons (Fsp3) is 0.500. The average Bonchev–Trinajstić information content (AvgIpc) is 2.51. The second-order valence-corrected chi connectivity index (χ2v) is 5.29. The Labute approximate surface area is 102 Å². The molecule has 0 spiro atoms. The number of Topliss-reactive ketones (excluding diaryl/α,β-unsaturated/α-hetero) is 1. The molecule has 0 saturated heterocycles. The van der Waals surface area contributed by atoms with Crippen LogP contribution in [-0.4, -0.2) is 38.0 Å². The van der Waals surface area contributed by atoms with E-state index in [0.717, 1.165) is 11.0 Å². The zero-order valence-corrected chi connectivity index (χ0v) is 11.2. The van der Waals surface area contributed by atoms with Crippen LogP contribution in [0.2, 0.25) is 0 Å². The smallest absolute Gasteiger partial charge is 0.172 e. The number of likely N-dealkylation sites (N-methyl/N-ethyl adjacent to an activating group) is 1. The molecule has 84 valence electrons. The minimum Gasteiger partial charge on any atom is -0.377 e. The van der Waals surface area contributed by atoms with E-state index < -0.39 is 0 Å². The summed E-state index contributed by atoms with van der Waals surface area (Å²) in [6.07, 6.45) is 0. The van der Waals surface area contributed by atoms with Crippen molar-refractivity contribution in [2.75, 3.05) is 27.3 Å². The first-order valence-corrected chi connectivity index (χ1v) is 6.21. The van der Waals surface area contributed by atoms with E-state index in [2.05, 4.69) is 22.0 Å². The van der Waals surface area contributed by atoms with Gasteiger partial charge in [-0.3, -0.25) is 9.69 Å². The molecule has 1 aromatic rings. The van der Waals surface area contributed by atoms with Crippen LogP contribution in [0, 0.1) is 0 Å². The summed E-state index contributed by atoms with van der Waals surface area (Å²) in [7, 11) is 3.47. The molecule has 0 radical (unpaired) electrons. The number of methoxy groups -OCH3 is 1. The van der Waals surface area contributed by atoms with Crippen molar-refractivity contribution in [3.05, 3.63) is 20.8 Å². The zero-order chi connectivity index (χ0) is 11.3. The number of thiophene rings is 1. The van der Waals surface area contributed by atoms with Crippen LogP contribution in [0.4, 0.5) is 0 Å². The second kappa shape index (κ2) is 6.37. The second-order valence-electron chi connectivity index (χ2n) is 3.38. The standard InChI is InChI=1S/C10H14BrNO2S/c1-12(4-9(13)6-14-2)5-10-3-8(11)7-15-10/h3,7H,4-6H2,1-2H3. The number of carbonyl (C=O) groups is 1. The summed E-state index contributed by atoms with van der Waals surface area (Å²) < 4.78 is 5.87. The van der Waals surface area contributed by atoms with Crippen molar-refractivity contribution in [3.63, 3.8) is 0 Å². The third-order valence-electron chi connectivity index (χ3n) is 1.80. The number of carbonyl (C=O) groups excluding carboxylic acids is 1. The fourth-order valence-electron chi connectivity index (χ4n) is 1.27. The van der Waals surface area contributed by atoms with E-state index in [0.29, 0.717) is 6.54 Å². The average molecular weight is 292 g/mol. The largest absolute Gasteiger partial charge is 0.377 e. The van der Waals surface area contributed by atoms with Crippen LogP contribution >= 0.6 is 27.3 Å². The van der Waals surface area contributed by atoms with Gasteiger partial charge in [-0.25, -0.2) is 0 Å². The molecule has 0 aromatic carbocycles. The molecule has 0 fully saturated rings. The lowest BCUT2D eigenvalue weighted by Gasteiger charge is -2.13. The molecule has 0 aliphatic carbocycles. The minimum atomic E-state index is 0.107. The van der Waals surface area contributed by atoms with Crippen LogP contribution in [0.5, 0.6) is 0 Å². The number of halogens is 1. The van der Waals surface area contributed by atoms with E-state index in [1.165, 1.54) is 12.0 Å². The van der Waals surface area contributed by atoms with Gasteiger partial charge in [-0.05, 0) is 29.0 Å². The molecular formula is C10H14BrNO2S. The van der Waals surface area contributed by atoms with E-state index >= 15 is 0 Å². The highest BCUT2D eigenvalue weighted by molar-refractivity contribution is 9.10. The Hall–Kier alpha value is -0.230.